The fraction of sp³-hybridized carbons (Fsp3) is 0.917. The van der Waals surface area contributed by atoms with Crippen LogP contribution in [0.4, 0.5) is 4.79 Å². The van der Waals surface area contributed by atoms with Gasteiger partial charge in [-0.05, 0) is 71.1 Å². The van der Waals surface area contributed by atoms with Crippen LogP contribution in [0.2, 0.25) is 0 Å². The molecule has 6 nitrogen and oxygen atoms in total. The Morgan fingerprint density at radius 1 is 0.867 bits per heavy atom. The number of aliphatic hydroxyl groups excluding tert-OH is 1. The molecule has 0 aliphatic carbocycles. The van der Waals surface area contributed by atoms with Gasteiger partial charge in [0, 0.05) is 31.9 Å². The Hall–Kier alpha value is -1.14. The van der Waals surface area contributed by atoms with E-state index in [-0.39, 0.29) is 18.5 Å². The molecule has 1 fully saturated rings. The molecular weight excluding hydrogens is 380 g/mol. The summed E-state index contributed by atoms with van der Waals surface area (Å²) in [6, 6.07) is -0.153. The van der Waals surface area contributed by atoms with E-state index in [1.165, 1.54) is 30.6 Å². The maximum Gasteiger partial charge on any atom is 0.327 e. The van der Waals surface area contributed by atoms with E-state index in [9.17, 15) is 9.59 Å². The number of ether oxygens (including phenoxy) is 1. The molecule has 1 aliphatic rings. The molecule has 0 aromatic rings. The second-order valence-corrected chi connectivity index (χ2v) is 10.1. The molecule has 176 valence electrons. The molecule has 1 saturated heterocycles. The predicted molar refractivity (Wildman–Crippen MR) is 121 cm³/mol. The minimum absolute atomic E-state index is 0.0839. The number of aliphatic hydroxyl groups is 1. The summed E-state index contributed by atoms with van der Waals surface area (Å²) >= 11 is 0. The standard InChI is InChI=1S/C24H46N2O4/c1-6-25-20-21(28)26(22(25)29)24(4,5)16-10-13-19-30-18-12-9-15-23(2,3)14-8-7-11-17-27/h27H,6-20H2,1-5H3. The number of hydrogen-bond acceptors (Lipinski definition) is 4. The van der Waals surface area contributed by atoms with E-state index in [1.807, 2.05) is 20.8 Å². The van der Waals surface area contributed by atoms with Crippen LogP contribution in [0.1, 0.15) is 98.8 Å². The third-order valence-corrected chi connectivity index (χ3v) is 6.26. The number of hydrogen-bond donors (Lipinski definition) is 1. The smallest absolute Gasteiger partial charge is 0.327 e. The van der Waals surface area contributed by atoms with Crippen LogP contribution in [-0.2, 0) is 9.53 Å². The monoisotopic (exact) mass is 426 g/mol. The SMILES string of the molecule is CCN1CC(=O)N(C(C)(C)CCCCOCCCCC(C)(C)CCCCCO)C1=O. The Labute approximate surface area is 184 Å². The zero-order valence-electron chi connectivity index (χ0n) is 20.2. The summed E-state index contributed by atoms with van der Waals surface area (Å²) < 4.78 is 5.79. The van der Waals surface area contributed by atoms with E-state index in [0.29, 0.717) is 18.6 Å². The van der Waals surface area contributed by atoms with Gasteiger partial charge in [0.2, 0.25) is 0 Å². The fourth-order valence-corrected chi connectivity index (χ4v) is 4.19. The number of amides is 3. The Bertz CT molecular complexity index is 519. The van der Waals surface area contributed by atoms with Crippen molar-refractivity contribution in [1.29, 1.82) is 0 Å². The molecule has 1 aliphatic heterocycles. The molecule has 0 spiro atoms. The molecule has 0 radical (unpaired) electrons. The van der Waals surface area contributed by atoms with Gasteiger partial charge in [0.25, 0.3) is 5.91 Å². The van der Waals surface area contributed by atoms with Crippen molar-refractivity contribution in [2.75, 3.05) is 32.9 Å². The highest BCUT2D eigenvalue weighted by Crippen LogP contribution is 2.30. The van der Waals surface area contributed by atoms with E-state index in [2.05, 4.69) is 13.8 Å². The van der Waals surface area contributed by atoms with Crippen LogP contribution in [0, 0.1) is 5.41 Å². The van der Waals surface area contributed by atoms with Crippen molar-refractivity contribution in [2.45, 2.75) is 104 Å². The number of urea groups is 1. The maximum absolute atomic E-state index is 12.4. The zero-order chi connectivity index (χ0) is 22.6. The van der Waals surface area contributed by atoms with Gasteiger partial charge in [-0.2, -0.15) is 0 Å². The molecule has 0 saturated carbocycles. The van der Waals surface area contributed by atoms with E-state index in [4.69, 9.17) is 9.84 Å². The van der Waals surface area contributed by atoms with E-state index in [1.54, 1.807) is 4.90 Å². The molecule has 6 heteroatoms. The third kappa shape index (κ3) is 9.34. The number of carbonyl (C=O) groups is 2. The number of carbonyl (C=O) groups excluding carboxylic acids is 2. The summed E-state index contributed by atoms with van der Waals surface area (Å²) in [5, 5.41) is 8.86. The molecule has 0 unspecified atom stereocenters. The van der Waals surface area contributed by atoms with Crippen LogP contribution in [0.5, 0.6) is 0 Å². The van der Waals surface area contributed by atoms with Gasteiger partial charge < -0.3 is 14.7 Å². The number of imide groups is 1. The van der Waals surface area contributed by atoms with Crippen LogP contribution in [0.25, 0.3) is 0 Å². The quantitative estimate of drug-likeness (QED) is 0.263. The van der Waals surface area contributed by atoms with Gasteiger partial charge in [0.15, 0.2) is 0 Å². The number of likely N-dealkylation sites (N-methyl/N-ethyl adjacent to an activating group) is 1. The Kier molecular flexibility index (Phi) is 11.9. The Morgan fingerprint density at radius 2 is 1.43 bits per heavy atom. The van der Waals surface area contributed by atoms with Crippen molar-refractivity contribution in [3.8, 4) is 0 Å². The molecule has 30 heavy (non-hydrogen) atoms. The largest absolute Gasteiger partial charge is 0.396 e. The van der Waals surface area contributed by atoms with Gasteiger partial charge in [0.05, 0.1) is 0 Å². The zero-order valence-corrected chi connectivity index (χ0v) is 20.2. The molecule has 1 rings (SSSR count). The average molecular weight is 427 g/mol. The summed E-state index contributed by atoms with van der Waals surface area (Å²) in [6.07, 6.45) is 10.7. The lowest BCUT2D eigenvalue weighted by Crippen LogP contribution is -2.48. The topological polar surface area (TPSA) is 70.1 Å². The van der Waals surface area contributed by atoms with Gasteiger partial charge in [0.1, 0.15) is 6.54 Å². The minimum atomic E-state index is -0.444. The van der Waals surface area contributed by atoms with Crippen LogP contribution >= 0.6 is 0 Å². The van der Waals surface area contributed by atoms with Gasteiger partial charge in [-0.15, -0.1) is 0 Å². The maximum atomic E-state index is 12.4. The first-order valence-corrected chi connectivity index (χ1v) is 12.0. The first-order chi connectivity index (χ1) is 14.1. The molecule has 0 aromatic heterocycles. The highest BCUT2D eigenvalue weighted by Gasteiger charge is 2.43. The Balaban J connectivity index is 2.10. The summed E-state index contributed by atoms with van der Waals surface area (Å²) in [4.78, 5) is 27.7. The summed E-state index contributed by atoms with van der Waals surface area (Å²) in [7, 11) is 0. The van der Waals surface area contributed by atoms with Crippen LogP contribution in [-0.4, -0.2) is 65.3 Å². The van der Waals surface area contributed by atoms with E-state index >= 15 is 0 Å². The van der Waals surface area contributed by atoms with E-state index < -0.39 is 5.54 Å². The predicted octanol–water partition coefficient (Wildman–Crippen LogP) is 4.99. The van der Waals surface area contributed by atoms with Crippen molar-refractivity contribution in [2.24, 2.45) is 5.41 Å². The van der Waals surface area contributed by atoms with Gasteiger partial charge in [-0.1, -0.05) is 33.1 Å². The summed E-state index contributed by atoms with van der Waals surface area (Å²) in [5.41, 5.74) is -0.0698. The molecule has 1 heterocycles. The van der Waals surface area contributed by atoms with Gasteiger partial charge in [-0.3, -0.25) is 9.69 Å². The normalized spacial score (nSPS) is 15.5. The third-order valence-electron chi connectivity index (χ3n) is 6.26. The van der Waals surface area contributed by atoms with Gasteiger partial charge in [-0.25, -0.2) is 4.79 Å². The molecule has 1 N–H and O–H groups in total. The second kappa shape index (κ2) is 13.3. The van der Waals surface area contributed by atoms with Crippen LogP contribution in [0.15, 0.2) is 0 Å². The Morgan fingerprint density at radius 3 is 1.97 bits per heavy atom. The molecular formula is C24H46N2O4. The van der Waals surface area contributed by atoms with Crippen molar-refractivity contribution in [3.05, 3.63) is 0 Å². The minimum Gasteiger partial charge on any atom is -0.396 e. The number of nitrogens with zero attached hydrogens (tertiary/aromatic N) is 2. The lowest BCUT2D eigenvalue weighted by atomic mass is 9.82. The summed E-state index contributed by atoms with van der Waals surface area (Å²) in [5.74, 6) is -0.0839. The highest BCUT2D eigenvalue weighted by atomic mass is 16.5. The first-order valence-electron chi connectivity index (χ1n) is 12.0. The average Bonchev–Trinajstić information content (AvgIpc) is 2.98. The molecule has 0 aromatic carbocycles. The van der Waals surface area contributed by atoms with Crippen molar-refractivity contribution < 1.29 is 19.4 Å². The van der Waals surface area contributed by atoms with Crippen molar-refractivity contribution in [3.63, 3.8) is 0 Å². The lowest BCUT2D eigenvalue weighted by molar-refractivity contribution is -0.129. The van der Waals surface area contributed by atoms with Crippen molar-refractivity contribution in [1.82, 2.24) is 9.80 Å². The number of unbranched alkanes of at least 4 members (excludes halogenated alkanes) is 4. The first kappa shape index (κ1) is 26.9. The summed E-state index contributed by atoms with van der Waals surface area (Å²) in [6.45, 7) is 13.2. The highest BCUT2D eigenvalue weighted by molar-refractivity contribution is 6.02. The molecule has 0 bridgehead atoms. The number of rotatable bonds is 17. The van der Waals surface area contributed by atoms with Crippen LogP contribution < -0.4 is 0 Å². The second-order valence-electron chi connectivity index (χ2n) is 10.1. The fourth-order valence-electron chi connectivity index (χ4n) is 4.19. The van der Waals surface area contributed by atoms with Crippen molar-refractivity contribution >= 4 is 11.9 Å². The van der Waals surface area contributed by atoms with Crippen LogP contribution in [0.3, 0.4) is 0 Å². The lowest BCUT2D eigenvalue weighted by Gasteiger charge is -2.33. The molecule has 0 atom stereocenters. The van der Waals surface area contributed by atoms with Gasteiger partial charge >= 0.3 is 6.03 Å². The van der Waals surface area contributed by atoms with E-state index in [0.717, 1.165) is 51.7 Å². The molecule has 3 amide bonds.